The molecule has 1 amide bonds. The lowest BCUT2D eigenvalue weighted by Crippen LogP contribution is -2.23. The van der Waals surface area contributed by atoms with E-state index in [2.05, 4.69) is 12.2 Å². The van der Waals surface area contributed by atoms with Crippen molar-refractivity contribution in [1.82, 2.24) is 5.32 Å². The van der Waals surface area contributed by atoms with E-state index in [9.17, 15) is 9.59 Å². The van der Waals surface area contributed by atoms with Crippen LogP contribution in [0.5, 0.6) is 0 Å². The lowest BCUT2D eigenvalue weighted by atomic mass is 10.0. The standard InChI is InChI=1S/C17H16NO2/c1-2-12-18-17(20)15-10-8-14(9-11-15)16(19)13-6-4-3-5-7-13/h3-11H,1-2,12H2,(H,18,20). The average Bonchev–Trinajstić information content (AvgIpc) is 2.53. The molecule has 0 fully saturated rings. The van der Waals surface area contributed by atoms with Gasteiger partial charge in [-0.05, 0) is 18.6 Å². The van der Waals surface area contributed by atoms with Gasteiger partial charge in [0.1, 0.15) is 0 Å². The predicted octanol–water partition coefficient (Wildman–Crippen LogP) is 2.87. The maximum atomic E-state index is 12.2. The van der Waals surface area contributed by atoms with Crippen LogP contribution in [0.25, 0.3) is 0 Å². The first kappa shape index (κ1) is 14.0. The van der Waals surface area contributed by atoms with Gasteiger partial charge in [-0.25, -0.2) is 0 Å². The number of rotatable bonds is 5. The second kappa shape index (κ2) is 6.66. The molecule has 0 saturated carbocycles. The van der Waals surface area contributed by atoms with Crippen molar-refractivity contribution in [2.24, 2.45) is 0 Å². The van der Waals surface area contributed by atoms with Gasteiger partial charge in [0.05, 0.1) is 0 Å². The lowest BCUT2D eigenvalue weighted by Gasteiger charge is -2.05. The van der Waals surface area contributed by atoms with E-state index < -0.39 is 0 Å². The molecule has 2 rings (SSSR count). The summed E-state index contributed by atoms with van der Waals surface area (Å²) in [5.41, 5.74) is 1.76. The number of benzene rings is 2. The highest BCUT2D eigenvalue weighted by Gasteiger charge is 2.10. The molecule has 2 aromatic rings. The number of hydrogen-bond donors (Lipinski definition) is 1. The van der Waals surface area contributed by atoms with Gasteiger partial charge in [0.25, 0.3) is 5.91 Å². The second-order valence-corrected chi connectivity index (χ2v) is 4.38. The van der Waals surface area contributed by atoms with Gasteiger partial charge in [-0.3, -0.25) is 9.59 Å². The number of ketones is 1. The molecule has 0 saturated heterocycles. The van der Waals surface area contributed by atoms with Crippen LogP contribution in [0.3, 0.4) is 0 Å². The highest BCUT2D eigenvalue weighted by molar-refractivity contribution is 6.09. The van der Waals surface area contributed by atoms with Crippen LogP contribution in [0, 0.1) is 6.92 Å². The van der Waals surface area contributed by atoms with Crippen molar-refractivity contribution in [2.75, 3.05) is 6.54 Å². The Morgan fingerprint density at radius 2 is 1.40 bits per heavy atom. The summed E-state index contributed by atoms with van der Waals surface area (Å²) in [4.78, 5) is 23.9. The van der Waals surface area contributed by atoms with Gasteiger partial charge < -0.3 is 5.32 Å². The molecule has 0 aliphatic rings. The Morgan fingerprint density at radius 1 is 0.850 bits per heavy atom. The molecule has 20 heavy (non-hydrogen) atoms. The molecule has 0 aliphatic heterocycles. The predicted molar refractivity (Wildman–Crippen MR) is 78.6 cm³/mol. The molecule has 1 N–H and O–H groups in total. The van der Waals surface area contributed by atoms with Gasteiger partial charge in [0.15, 0.2) is 5.78 Å². The zero-order valence-corrected chi connectivity index (χ0v) is 11.1. The first-order chi connectivity index (χ1) is 9.72. The third-order valence-corrected chi connectivity index (χ3v) is 2.91. The van der Waals surface area contributed by atoms with Crippen LogP contribution in [0.2, 0.25) is 0 Å². The fourth-order valence-corrected chi connectivity index (χ4v) is 1.83. The number of carbonyl (C=O) groups excluding carboxylic acids is 2. The van der Waals surface area contributed by atoms with Crippen molar-refractivity contribution < 1.29 is 9.59 Å². The first-order valence-corrected chi connectivity index (χ1v) is 6.49. The van der Waals surface area contributed by atoms with Crippen LogP contribution >= 0.6 is 0 Å². The van der Waals surface area contributed by atoms with Crippen LogP contribution in [0.1, 0.15) is 32.7 Å². The van der Waals surface area contributed by atoms with Crippen molar-refractivity contribution in [2.45, 2.75) is 6.42 Å². The van der Waals surface area contributed by atoms with E-state index in [0.717, 1.165) is 0 Å². The summed E-state index contributed by atoms with van der Waals surface area (Å²) in [5.74, 6) is -0.192. The number of amides is 1. The third-order valence-electron chi connectivity index (χ3n) is 2.91. The molecule has 0 heterocycles. The lowest BCUT2D eigenvalue weighted by molar-refractivity contribution is 0.0952. The van der Waals surface area contributed by atoms with Gasteiger partial charge >= 0.3 is 0 Å². The molecule has 1 radical (unpaired) electrons. The Morgan fingerprint density at radius 3 is 2.00 bits per heavy atom. The molecule has 0 atom stereocenters. The summed E-state index contributed by atoms with van der Waals surface area (Å²) >= 11 is 0. The Balaban J connectivity index is 2.12. The second-order valence-electron chi connectivity index (χ2n) is 4.38. The number of hydrogen-bond acceptors (Lipinski definition) is 2. The van der Waals surface area contributed by atoms with E-state index in [4.69, 9.17) is 0 Å². The minimum absolute atomic E-state index is 0.0460. The van der Waals surface area contributed by atoms with Crippen molar-refractivity contribution in [3.05, 3.63) is 78.2 Å². The molecular formula is C17H16NO2. The van der Waals surface area contributed by atoms with Gasteiger partial charge in [-0.1, -0.05) is 49.4 Å². The summed E-state index contributed by atoms with van der Waals surface area (Å²) in [6.07, 6.45) is 0.649. The van der Waals surface area contributed by atoms with E-state index in [0.29, 0.717) is 29.7 Å². The summed E-state index contributed by atoms with van der Waals surface area (Å²) in [7, 11) is 0. The van der Waals surface area contributed by atoms with E-state index >= 15 is 0 Å². The summed E-state index contributed by atoms with van der Waals surface area (Å²) < 4.78 is 0. The molecule has 0 aliphatic carbocycles. The van der Waals surface area contributed by atoms with Crippen molar-refractivity contribution in [3.8, 4) is 0 Å². The Labute approximate surface area is 118 Å². The minimum Gasteiger partial charge on any atom is -0.352 e. The maximum Gasteiger partial charge on any atom is 0.251 e. The summed E-state index contributed by atoms with van der Waals surface area (Å²) in [5, 5.41) is 2.74. The van der Waals surface area contributed by atoms with E-state index in [1.54, 1.807) is 36.4 Å². The van der Waals surface area contributed by atoms with Crippen LogP contribution in [-0.4, -0.2) is 18.2 Å². The molecule has 0 spiro atoms. The van der Waals surface area contributed by atoms with E-state index in [1.807, 2.05) is 18.2 Å². The summed E-state index contributed by atoms with van der Waals surface area (Å²) in [6, 6.07) is 15.7. The zero-order chi connectivity index (χ0) is 14.4. The van der Waals surface area contributed by atoms with Crippen LogP contribution in [0.4, 0.5) is 0 Å². The van der Waals surface area contributed by atoms with Gasteiger partial charge in [-0.15, -0.1) is 0 Å². The molecule has 2 aromatic carbocycles. The molecule has 0 unspecified atom stereocenters. The normalized spacial score (nSPS) is 10.1. The van der Waals surface area contributed by atoms with Gasteiger partial charge in [-0.2, -0.15) is 0 Å². The van der Waals surface area contributed by atoms with Crippen LogP contribution < -0.4 is 5.32 Å². The van der Waals surface area contributed by atoms with E-state index in [-0.39, 0.29) is 11.7 Å². The first-order valence-electron chi connectivity index (χ1n) is 6.49. The topological polar surface area (TPSA) is 46.2 Å². The largest absolute Gasteiger partial charge is 0.352 e. The van der Waals surface area contributed by atoms with Crippen molar-refractivity contribution in [3.63, 3.8) is 0 Å². The average molecular weight is 266 g/mol. The molecule has 3 nitrogen and oxygen atoms in total. The fraction of sp³-hybridized carbons (Fsp3) is 0.118. The Kier molecular flexibility index (Phi) is 4.66. The molecule has 0 bridgehead atoms. The van der Waals surface area contributed by atoms with E-state index in [1.165, 1.54) is 0 Å². The Bertz CT molecular complexity index is 588. The van der Waals surface area contributed by atoms with Gasteiger partial charge in [0.2, 0.25) is 0 Å². The number of carbonyl (C=O) groups is 2. The van der Waals surface area contributed by atoms with Crippen LogP contribution in [0.15, 0.2) is 54.6 Å². The van der Waals surface area contributed by atoms with Gasteiger partial charge in [0, 0.05) is 23.2 Å². The van der Waals surface area contributed by atoms with Crippen molar-refractivity contribution in [1.29, 1.82) is 0 Å². The van der Waals surface area contributed by atoms with Crippen LogP contribution in [-0.2, 0) is 0 Å². The maximum absolute atomic E-state index is 12.2. The molecular weight excluding hydrogens is 250 g/mol. The monoisotopic (exact) mass is 266 g/mol. The highest BCUT2D eigenvalue weighted by atomic mass is 16.1. The summed E-state index contributed by atoms with van der Waals surface area (Å²) in [6.45, 7) is 4.21. The number of nitrogens with one attached hydrogen (secondary N) is 1. The minimum atomic E-state index is -0.146. The molecule has 0 aromatic heterocycles. The Hall–Kier alpha value is -2.42. The SMILES string of the molecule is [CH2]CCNC(=O)c1ccc(C(=O)c2ccccc2)cc1. The molecule has 3 heteroatoms. The highest BCUT2D eigenvalue weighted by Crippen LogP contribution is 2.11. The third kappa shape index (κ3) is 3.32. The van der Waals surface area contributed by atoms with Crippen molar-refractivity contribution >= 4 is 11.7 Å². The smallest absolute Gasteiger partial charge is 0.251 e. The fourth-order valence-electron chi connectivity index (χ4n) is 1.83. The molecule has 101 valence electrons. The quantitative estimate of drug-likeness (QED) is 0.846. The zero-order valence-electron chi connectivity index (χ0n) is 11.1.